The molecule has 0 aliphatic rings. The van der Waals surface area contributed by atoms with E-state index in [-0.39, 0.29) is 17.4 Å². The van der Waals surface area contributed by atoms with E-state index in [0.29, 0.717) is 34.4 Å². The molecule has 2 aromatic carbocycles. The van der Waals surface area contributed by atoms with Gasteiger partial charge in [0.15, 0.2) is 16.8 Å². The van der Waals surface area contributed by atoms with E-state index in [1.54, 1.807) is 31.2 Å². The van der Waals surface area contributed by atoms with Crippen molar-refractivity contribution in [2.24, 2.45) is 0 Å². The van der Waals surface area contributed by atoms with Crippen LogP contribution in [0.2, 0.25) is 5.02 Å². The highest BCUT2D eigenvalue weighted by atomic mass is 35.5. The lowest BCUT2D eigenvalue weighted by Gasteiger charge is -2.08. The number of amides is 1. The maximum absolute atomic E-state index is 12.5. The van der Waals surface area contributed by atoms with Gasteiger partial charge in [0.2, 0.25) is 5.91 Å². The van der Waals surface area contributed by atoms with Crippen molar-refractivity contribution in [2.45, 2.75) is 32.0 Å². The second-order valence-electron chi connectivity index (χ2n) is 6.25. The molecule has 0 radical (unpaired) electrons. The molecule has 3 rings (SSSR count). The number of ketones is 1. The van der Waals surface area contributed by atoms with E-state index in [9.17, 15) is 9.59 Å². The first-order valence-electron chi connectivity index (χ1n) is 9.26. The van der Waals surface area contributed by atoms with Crippen LogP contribution in [0.25, 0.3) is 11.4 Å². The summed E-state index contributed by atoms with van der Waals surface area (Å²) in [6.45, 7) is 4.49. The highest BCUT2D eigenvalue weighted by Gasteiger charge is 2.15. The summed E-state index contributed by atoms with van der Waals surface area (Å²) in [5.74, 6) is 0.923. The number of aromatic nitrogens is 3. The van der Waals surface area contributed by atoms with Crippen molar-refractivity contribution in [3.8, 4) is 11.4 Å². The van der Waals surface area contributed by atoms with Crippen LogP contribution in [-0.4, -0.2) is 32.2 Å². The van der Waals surface area contributed by atoms with Crippen molar-refractivity contribution in [1.29, 1.82) is 0 Å². The summed E-state index contributed by atoms with van der Waals surface area (Å²) in [6.07, 6.45) is 0.410. The van der Waals surface area contributed by atoms with Crippen LogP contribution < -0.4 is 5.32 Å². The number of halogens is 1. The molecule has 0 bridgehead atoms. The Labute approximate surface area is 178 Å². The van der Waals surface area contributed by atoms with Gasteiger partial charge in [-0.05, 0) is 55.5 Å². The van der Waals surface area contributed by atoms with E-state index in [4.69, 9.17) is 11.6 Å². The molecule has 6 nitrogen and oxygen atoms in total. The van der Waals surface area contributed by atoms with E-state index >= 15 is 0 Å². The fourth-order valence-electron chi connectivity index (χ4n) is 2.70. The average Bonchev–Trinajstić information content (AvgIpc) is 3.15. The van der Waals surface area contributed by atoms with Gasteiger partial charge in [0.05, 0.1) is 5.75 Å². The molecule has 0 atom stereocenters. The van der Waals surface area contributed by atoms with Crippen LogP contribution in [0.15, 0.2) is 53.7 Å². The minimum absolute atomic E-state index is 0.0120. The lowest BCUT2D eigenvalue weighted by atomic mass is 10.1. The molecule has 8 heteroatoms. The zero-order valence-corrected chi connectivity index (χ0v) is 17.8. The van der Waals surface area contributed by atoms with Crippen LogP contribution >= 0.6 is 23.4 Å². The molecule has 0 saturated carbocycles. The van der Waals surface area contributed by atoms with Gasteiger partial charge in [0, 0.05) is 34.8 Å². The van der Waals surface area contributed by atoms with Gasteiger partial charge in [0.25, 0.3) is 0 Å². The molecule has 3 aromatic rings. The Morgan fingerprint density at radius 3 is 2.34 bits per heavy atom. The lowest BCUT2D eigenvalue weighted by Crippen LogP contribution is -2.10. The number of thioether (sulfide) groups is 1. The summed E-state index contributed by atoms with van der Waals surface area (Å²) < 4.78 is 1.98. The predicted octanol–water partition coefficient (Wildman–Crippen LogP) is 4.94. The molecular formula is C21H21ClN4O2S. The first kappa shape index (κ1) is 21.1. The number of Topliss-reactive ketones (excluding diaryl/α,β-unsaturated/α-hetero) is 1. The smallest absolute Gasteiger partial charge is 0.224 e. The highest BCUT2D eigenvalue weighted by Crippen LogP contribution is 2.25. The lowest BCUT2D eigenvalue weighted by molar-refractivity contribution is -0.115. The van der Waals surface area contributed by atoms with Crippen molar-refractivity contribution < 1.29 is 9.59 Å². The second-order valence-corrected chi connectivity index (χ2v) is 7.63. The number of nitrogens with one attached hydrogen (secondary N) is 1. The van der Waals surface area contributed by atoms with Crippen molar-refractivity contribution >= 4 is 40.7 Å². The zero-order chi connectivity index (χ0) is 20.8. The van der Waals surface area contributed by atoms with Gasteiger partial charge in [-0.1, -0.05) is 30.3 Å². The number of carbonyl (C=O) groups excluding carboxylic acids is 2. The summed E-state index contributed by atoms with van der Waals surface area (Å²) in [4.78, 5) is 24.0. The molecule has 1 amide bonds. The number of hydrogen-bond donors (Lipinski definition) is 1. The summed E-state index contributed by atoms with van der Waals surface area (Å²) >= 11 is 7.31. The molecule has 1 N–H and O–H groups in total. The van der Waals surface area contributed by atoms with Gasteiger partial charge in [-0.2, -0.15) is 0 Å². The van der Waals surface area contributed by atoms with Crippen LogP contribution in [0.1, 0.15) is 30.6 Å². The number of carbonyl (C=O) groups is 2. The van der Waals surface area contributed by atoms with Gasteiger partial charge >= 0.3 is 0 Å². The van der Waals surface area contributed by atoms with Crippen molar-refractivity contribution in [1.82, 2.24) is 14.8 Å². The number of hydrogen-bond acceptors (Lipinski definition) is 5. The average molecular weight is 429 g/mol. The number of nitrogens with zero attached hydrogens (tertiary/aromatic N) is 3. The largest absolute Gasteiger partial charge is 0.326 e. The SMILES string of the molecule is CCC(=O)Nc1ccc(C(=O)CSc2nnc(-c3ccc(Cl)cc3)n2CC)cc1. The van der Waals surface area contributed by atoms with Crippen molar-refractivity contribution in [3.05, 3.63) is 59.1 Å². The van der Waals surface area contributed by atoms with E-state index in [2.05, 4.69) is 15.5 Å². The van der Waals surface area contributed by atoms with E-state index in [0.717, 1.165) is 11.4 Å². The van der Waals surface area contributed by atoms with Crippen LogP contribution in [0, 0.1) is 0 Å². The van der Waals surface area contributed by atoms with Gasteiger partial charge in [-0.15, -0.1) is 10.2 Å². The van der Waals surface area contributed by atoms with E-state index in [1.807, 2.05) is 35.8 Å². The standard InChI is InChI=1S/C21H21ClN4O2S/c1-3-19(28)23-17-11-7-14(8-12-17)18(27)13-29-21-25-24-20(26(21)4-2)15-5-9-16(22)10-6-15/h5-12H,3-4,13H2,1-2H3,(H,23,28). The Balaban J connectivity index is 1.67. The third-order valence-corrected chi connectivity index (χ3v) is 5.50. The second kappa shape index (κ2) is 9.71. The Kier molecular flexibility index (Phi) is 7.06. The third kappa shape index (κ3) is 5.25. The van der Waals surface area contributed by atoms with E-state index < -0.39 is 0 Å². The number of benzene rings is 2. The molecular weight excluding hydrogens is 408 g/mol. The van der Waals surface area contributed by atoms with Crippen LogP contribution in [0.3, 0.4) is 0 Å². The van der Waals surface area contributed by atoms with Crippen LogP contribution in [-0.2, 0) is 11.3 Å². The Hall–Kier alpha value is -2.64. The van der Waals surface area contributed by atoms with Crippen LogP contribution in [0.4, 0.5) is 5.69 Å². The molecule has 0 aliphatic heterocycles. The van der Waals surface area contributed by atoms with Crippen molar-refractivity contribution in [2.75, 3.05) is 11.1 Å². The first-order valence-corrected chi connectivity index (χ1v) is 10.6. The number of anilines is 1. The minimum atomic E-state index is -0.0602. The molecule has 29 heavy (non-hydrogen) atoms. The molecule has 1 aromatic heterocycles. The molecule has 0 fully saturated rings. The predicted molar refractivity (Wildman–Crippen MR) is 117 cm³/mol. The Morgan fingerprint density at radius 1 is 1.03 bits per heavy atom. The Bertz CT molecular complexity index is 1000. The van der Waals surface area contributed by atoms with Crippen molar-refractivity contribution in [3.63, 3.8) is 0 Å². The minimum Gasteiger partial charge on any atom is -0.326 e. The monoisotopic (exact) mass is 428 g/mol. The maximum Gasteiger partial charge on any atom is 0.224 e. The number of rotatable bonds is 8. The van der Waals surface area contributed by atoms with Gasteiger partial charge in [0.1, 0.15) is 0 Å². The molecule has 0 unspecified atom stereocenters. The van der Waals surface area contributed by atoms with Crippen LogP contribution in [0.5, 0.6) is 0 Å². The third-order valence-electron chi connectivity index (χ3n) is 4.28. The van der Waals surface area contributed by atoms with E-state index in [1.165, 1.54) is 11.8 Å². The fourth-order valence-corrected chi connectivity index (χ4v) is 3.72. The van der Waals surface area contributed by atoms with Gasteiger partial charge in [-0.25, -0.2) is 0 Å². The first-order chi connectivity index (χ1) is 14.0. The van der Waals surface area contributed by atoms with Gasteiger partial charge in [-0.3, -0.25) is 9.59 Å². The highest BCUT2D eigenvalue weighted by molar-refractivity contribution is 7.99. The Morgan fingerprint density at radius 2 is 1.72 bits per heavy atom. The van der Waals surface area contributed by atoms with Gasteiger partial charge < -0.3 is 9.88 Å². The molecule has 0 saturated heterocycles. The molecule has 1 heterocycles. The topological polar surface area (TPSA) is 76.9 Å². The zero-order valence-electron chi connectivity index (χ0n) is 16.2. The summed E-state index contributed by atoms with van der Waals surface area (Å²) in [6, 6.07) is 14.3. The molecule has 150 valence electrons. The fraction of sp³-hybridized carbons (Fsp3) is 0.238. The summed E-state index contributed by atoms with van der Waals surface area (Å²) in [5.41, 5.74) is 2.19. The quantitative estimate of drug-likeness (QED) is 0.406. The normalized spacial score (nSPS) is 10.7. The summed E-state index contributed by atoms with van der Waals surface area (Å²) in [5, 5.41) is 12.7. The molecule has 0 spiro atoms. The summed E-state index contributed by atoms with van der Waals surface area (Å²) in [7, 11) is 0. The molecule has 0 aliphatic carbocycles. The maximum atomic E-state index is 12.5.